The summed E-state index contributed by atoms with van der Waals surface area (Å²) in [6.45, 7) is 1.57. The molecule has 0 bridgehead atoms. The Bertz CT molecular complexity index is 813. The minimum absolute atomic E-state index is 0.0945. The van der Waals surface area contributed by atoms with E-state index in [-0.39, 0.29) is 5.91 Å². The van der Waals surface area contributed by atoms with Crippen LogP contribution in [0.15, 0.2) is 18.3 Å². The first-order chi connectivity index (χ1) is 13.6. The molecule has 0 spiro atoms. The maximum atomic E-state index is 13.1. The zero-order chi connectivity index (χ0) is 19.5. The highest BCUT2D eigenvalue weighted by molar-refractivity contribution is 5.94. The SMILES string of the molecule is CN(C)c1ccc(N[C@H]2CCCN(C(=O)c3n[nH]c4c3CCCC4)CC2)cn1. The van der Waals surface area contributed by atoms with Crippen LogP contribution in [-0.2, 0) is 12.8 Å². The Kier molecular flexibility index (Phi) is 5.50. The van der Waals surface area contributed by atoms with Gasteiger partial charge in [-0.3, -0.25) is 9.89 Å². The Balaban J connectivity index is 1.37. The number of carbonyl (C=O) groups excluding carboxylic acids is 1. The molecule has 2 aromatic heterocycles. The van der Waals surface area contributed by atoms with E-state index in [0.717, 1.165) is 74.4 Å². The van der Waals surface area contributed by atoms with Crippen molar-refractivity contribution in [2.45, 2.75) is 51.0 Å². The summed E-state index contributed by atoms with van der Waals surface area (Å²) >= 11 is 0. The lowest BCUT2D eigenvalue weighted by Crippen LogP contribution is -2.33. The summed E-state index contributed by atoms with van der Waals surface area (Å²) in [6, 6.07) is 4.46. The molecule has 150 valence electrons. The second kappa shape index (κ2) is 8.20. The lowest BCUT2D eigenvalue weighted by molar-refractivity contribution is 0.0754. The molecule has 7 nitrogen and oxygen atoms in total. The quantitative estimate of drug-likeness (QED) is 0.850. The molecule has 7 heteroatoms. The summed E-state index contributed by atoms with van der Waals surface area (Å²) in [5.74, 6) is 1.04. The monoisotopic (exact) mass is 382 g/mol. The van der Waals surface area contributed by atoms with Gasteiger partial charge < -0.3 is 15.1 Å². The smallest absolute Gasteiger partial charge is 0.274 e. The standard InChI is InChI=1S/C21H30N6O/c1-26(2)19-10-9-16(14-22-19)23-15-6-5-12-27(13-11-15)21(28)20-17-7-3-4-8-18(17)24-25-20/h9-10,14-15,23H,3-8,11-13H2,1-2H3,(H,24,25)/t15-/m0/s1. The summed E-state index contributed by atoms with van der Waals surface area (Å²) in [5, 5.41) is 11.1. The number of likely N-dealkylation sites (tertiary alicyclic amines) is 1. The molecular weight excluding hydrogens is 352 g/mol. The van der Waals surface area contributed by atoms with Crippen LogP contribution >= 0.6 is 0 Å². The first-order valence-electron chi connectivity index (χ1n) is 10.4. The molecule has 2 N–H and O–H groups in total. The van der Waals surface area contributed by atoms with E-state index in [1.54, 1.807) is 0 Å². The fraction of sp³-hybridized carbons (Fsp3) is 0.571. The Morgan fingerprint density at radius 1 is 1.18 bits per heavy atom. The maximum absolute atomic E-state index is 13.1. The van der Waals surface area contributed by atoms with Gasteiger partial charge in [-0.05, 0) is 57.1 Å². The van der Waals surface area contributed by atoms with Crippen molar-refractivity contribution in [2.24, 2.45) is 0 Å². The topological polar surface area (TPSA) is 77.1 Å². The maximum Gasteiger partial charge on any atom is 0.274 e. The molecule has 3 heterocycles. The summed E-state index contributed by atoms with van der Waals surface area (Å²) in [5.41, 5.74) is 4.01. The molecule has 2 aromatic rings. The molecule has 1 aliphatic heterocycles. The number of fused-ring (bicyclic) bond motifs is 1. The van der Waals surface area contributed by atoms with E-state index in [1.165, 1.54) is 6.42 Å². The highest BCUT2D eigenvalue weighted by Gasteiger charge is 2.27. The number of nitrogens with one attached hydrogen (secondary N) is 2. The van der Waals surface area contributed by atoms with Gasteiger partial charge in [0.1, 0.15) is 5.82 Å². The third kappa shape index (κ3) is 3.98. The van der Waals surface area contributed by atoms with Crippen molar-refractivity contribution in [3.8, 4) is 0 Å². The van der Waals surface area contributed by atoms with E-state index >= 15 is 0 Å². The molecular formula is C21H30N6O. The number of carbonyl (C=O) groups is 1. The number of aromatic nitrogens is 3. The summed E-state index contributed by atoms with van der Waals surface area (Å²) in [6.07, 6.45) is 9.21. The van der Waals surface area contributed by atoms with Gasteiger partial charge in [0.2, 0.25) is 0 Å². The summed E-state index contributed by atoms with van der Waals surface area (Å²) < 4.78 is 0. The predicted molar refractivity (Wildman–Crippen MR) is 111 cm³/mol. The molecule has 0 aromatic carbocycles. The van der Waals surface area contributed by atoms with Crippen LogP contribution in [0.25, 0.3) is 0 Å². The molecule has 4 rings (SSSR count). The Labute approximate surface area is 166 Å². The van der Waals surface area contributed by atoms with Crippen molar-refractivity contribution in [1.29, 1.82) is 0 Å². The van der Waals surface area contributed by atoms with Gasteiger partial charge in [-0.2, -0.15) is 5.10 Å². The van der Waals surface area contributed by atoms with Gasteiger partial charge in [-0.1, -0.05) is 0 Å². The molecule has 1 amide bonds. The van der Waals surface area contributed by atoms with E-state index in [9.17, 15) is 4.79 Å². The van der Waals surface area contributed by atoms with Crippen LogP contribution in [0.1, 0.15) is 53.8 Å². The second-order valence-electron chi connectivity index (χ2n) is 8.10. The minimum atomic E-state index is 0.0945. The van der Waals surface area contributed by atoms with Crippen molar-refractivity contribution >= 4 is 17.4 Å². The van der Waals surface area contributed by atoms with Crippen LogP contribution in [0, 0.1) is 0 Å². The van der Waals surface area contributed by atoms with Crippen LogP contribution in [0.3, 0.4) is 0 Å². The average Bonchev–Trinajstić information content (AvgIpc) is 3.00. The number of anilines is 2. The molecule has 1 atom stereocenters. The molecule has 1 aliphatic carbocycles. The van der Waals surface area contributed by atoms with Crippen molar-refractivity contribution in [2.75, 3.05) is 37.4 Å². The number of rotatable bonds is 4. The van der Waals surface area contributed by atoms with E-state index < -0.39 is 0 Å². The summed E-state index contributed by atoms with van der Waals surface area (Å²) in [7, 11) is 3.98. The molecule has 1 saturated heterocycles. The number of aromatic amines is 1. The molecule has 2 aliphatic rings. The normalized spacial score (nSPS) is 19.6. The number of H-pyrrole nitrogens is 1. The zero-order valence-corrected chi connectivity index (χ0v) is 16.9. The number of hydrogen-bond donors (Lipinski definition) is 2. The van der Waals surface area contributed by atoms with E-state index in [0.29, 0.717) is 11.7 Å². The number of pyridine rings is 1. The Morgan fingerprint density at radius 3 is 2.82 bits per heavy atom. The number of amides is 1. The first-order valence-corrected chi connectivity index (χ1v) is 10.4. The van der Waals surface area contributed by atoms with Crippen LogP contribution < -0.4 is 10.2 Å². The fourth-order valence-corrected chi connectivity index (χ4v) is 4.22. The van der Waals surface area contributed by atoms with Gasteiger partial charge in [-0.25, -0.2) is 4.98 Å². The zero-order valence-electron chi connectivity index (χ0n) is 16.9. The largest absolute Gasteiger partial charge is 0.381 e. The van der Waals surface area contributed by atoms with Crippen molar-refractivity contribution in [3.63, 3.8) is 0 Å². The van der Waals surface area contributed by atoms with Crippen LogP contribution in [0.4, 0.5) is 11.5 Å². The van der Waals surface area contributed by atoms with Crippen molar-refractivity contribution in [1.82, 2.24) is 20.1 Å². The summed E-state index contributed by atoms with van der Waals surface area (Å²) in [4.78, 5) is 21.5. The lowest BCUT2D eigenvalue weighted by atomic mass is 9.95. The van der Waals surface area contributed by atoms with Crippen LogP contribution in [-0.4, -0.2) is 59.2 Å². The number of nitrogens with zero attached hydrogens (tertiary/aromatic N) is 4. The lowest BCUT2D eigenvalue weighted by Gasteiger charge is -2.21. The highest BCUT2D eigenvalue weighted by atomic mass is 16.2. The van der Waals surface area contributed by atoms with Gasteiger partial charge in [0, 0.05) is 44.5 Å². The second-order valence-corrected chi connectivity index (χ2v) is 8.10. The number of hydrogen-bond acceptors (Lipinski definition) is 5. The van der Waals surface area contributed by atoms with Crippen LogP contribution in [0.2, 0.25) is 0 Å². The van der Waals surface area contributed by atoms with Gasteiger partial charge >= 0.3 is 0 Å². The molecule has 1 fully saturated rings. The molecule has 28 heavy (non-hydrogen) atoms. The molecule has 0 saturated carbocycles. The third-order valence-corrected chi connectivity index (χ3v) is 5.85. The van der Waals surface area contributed by atoms with E-state index in [1.807, 2.05) is 36.2 Å². The van der Waals surface area contributed by atoms with Gasteiger partial charge in [0.25, 0.3) is 5.91 Å². The van der Waals surface area contributed by atoms with Crippen molar-refractivity contribution < 1.29 is 4.79 Å². The minimum Gasteiger partial charge on any atom is -0.381 e. The van der Waals surface area contributed by atoms with E-state index in [4.69, 9.17) is 0 Å². The predicted octanol–water partition coefficient (Wildman–Crippen LogP) is 2.86. The Hall–Kier alpha value is -2.57. The fourth-order valence-electron chi connectivity index (χ4n) is 4.22. The van der Waals surface area contributed by atoms with Gasteiger partial charge in [-0.15, -0.1) is 0 Å². The molecule has 0 unspecified atom stereocenters. The van der Waals surface area contributed by atoms with Gasteiger partial charge in [0.05, 0.1) is 11.9 Å². The Morgan fingerprint density at radius 2 is 2.04 bits per heavy atom. The van der Waals surface area contributed by atoms with Gasteiger partial charge in [0.15, 0.2) is 5.69 Å². The van der Waals surface area contributed by atoms with E-state index in [2.05, 4.69) is 26.6 Å². The van der Waals surface area contributed by atoms with Crippen LogP contribution in [0.5, 0.6) is 0 Å². The number of aryl methyl sites for hydroxylation is 1. The highest BCUT2D eigenvalue weighted by Crippen LogP contribution is 2.24. The third-order valence-electron chi connectivity index (χ3n) is 5.85. The first kappa shape index (κ1) is 18.8. The average molecular weight is 383 g/mol. The molecule has 0 radical (unpaired) electrons. The van der Waals surface area contributed by atoms with Crippen molar-refractivity contribution in [3.05, 3.63) is 35.3 Å².